The van der Waals surface area contributed by atoms with E-state index >= 15 is 0 Å². The van der Waals surface area contributed by atoms with Crippen molar-refractivity contribution < 1.29 is 37.0 Å². The Morgan fingerprint density at radius 1 is 0.867 bits per heavy atom. The molecule has 0 radical (unpaired) electrons. The number of hydrogen-bond donors (Lipinski definition) is 1. The minimum Gasteiger partial charge on any atom is -0.497 e. The molecule has 11 nitrogen and oxygen atoms in total. The van der Waals surface area contributed by atoms with Gasteiger partial charge in [0.2, 0.25) is 5.91 Å². The third-order valence-corrected chi connectivity index (χ3v) is 9.03. The molecule has 45 heavy (non-hydrogen) atoms. The Morgan fingerprint density at radius 2 is 1.56 bits per heavy atom. The van der Waals surface area contributed by atoms with Crippen molar-refractivity contribution in [1.82, 2.24) is 5.32 Å². The largest absolute Gasteiger partial charge is 0.497 e. The number of carbonyl (C=O) groups is 2. The van der Waals surface area contributed by atoms with E-state index in [-0.39, 0.29) is 29.4 Å². The number of anilines is 2. The standard InChI is InChI=1S/C33H33N3O8S/c1-41-25-15-13-24(14-16-25)36(45(39,40)26-17-18-29(42-2)30(19-26)43-3)22-32(37)35-21-31(44-28-12-8-7-11-27(28)35)33(38)34-20-23-9-5-4-6-10-23/h4-19,31H,20-22H2,1-3H3,(H,34,38)/t31-/m1/s1. The number of amides is 2. The van der Waals surface area contributed by atoms with Gasteiger partial charge in [-0.3, -0.25) is 13.9 Å². The zero-order valence-electron chi connectivity index (χ0n) is 25.0. The number of fused-ring (bicyclic) bond motifs is 1. The van der Waals surface area contributed by atoms with Gasteiger partial charge in [-0.15, -0.1) is 0 Å². The van der Waals surface area contributed by atoms with Crippen molar-refractivity contribution in [2.75, 3.05) is 43.6 Å². The summed E-state index contributed by atoms with van der Waals surface area (Å²) in [6, 6.07) is 26.8. The van der Waals surface area contributed by atoms with Crippen LogP contribution in [0.2, 0.25) is 0 Å². The average Bonchev–Trinajstić information content (AvgIpc) is 3.08. The molecule has 1 aliphatic rings. The van der Waals surface area contributed by atoms with Gasteiger partial charge in [-0.1, -0.05) is 42.5 Å². The van der Waals surface area contributed by atoms with Gasteiger partial charge in [0.15, 0.2) is 17.6 Å². The van der Waals surface area contributed by atoms with Crippen LogP contribution in [0.4, 0.5) is 11.4 Å². The van der Waals surface area contributed by atoms with Crippen molar-refractivity contribution >= 4 is 33.2 Å². The first-order valence-corrected chi connectivity index (χ1v) is 15.5. The number of para-hydroxylation sites is 2. The molecule has 0 fully saturated rings. The van der Waals surface area contributed by atoms with Gasteiger partial charge in [0.05, 0.1) is 44.1 Å². The molecule has 1 heterocycles. The van der Waals surface area contributed by atoms with Gasteiger partial charge in [0, 0.05) is 12.6 Å². The molecule has 4 aromatic carbocycles. The summed E-state index contributed by atoms with van der Waals surface area (Å²) in [5.41, 5.74) is 1.57. The van der Waals surface area contributed by atoms with Crippen LogP contribution in [-0.2, 0) is 26.2 Å². The second kappa shape index (κ2) is 13.6. The van der Waals surface area contributed by atoms with E-state index < -0.39 is 34.5 Å². The zero-order valence-corrected chi connectivity index (χ0v) is 25.8. The van der Waals surface area contributed by atoms with E-state index in [4.69, 9.17) is 18.9 Å². The Kier molecular flexibility index (Phi) is 9.43. The van der Waals surface area contributed by atoms with Crippen LogP contribution in [0.1, 0.15) is 5.56 Å². The lowest BCUT2D eigenvalue weighted by Gasteiger charge is -2.35. The molecule has 4 aromatic rings. The average molecular weight is 632 g/mol. The number of benzene rings is 4. The van der Waals surface area contributed by atoms with Crippen molar-refractivity contribution in [3.63, 3.8) is 0 Å². The normalized spacial score (nSPS) is 14.0. The highest BCUT2D eigenvalue weighted by atomic mass is 32.2. The highest BCUT2D eigenvalue weighted by Crippen LogP contribution is 2.35. The van der Waals surface area contributed by atoms with E-state index in [1.54, 1.807) is 48.5 Å². The van der Waals surface area contributed by atoms with Gasteiger partial charge in [-0.2, -0.15) is 0 Å². The summed E-state index contributed by atoms with van der Waals surface area (Å²) in [7, 11) is 0.0386. The Hall–Kier alpha value is -5.23. The van der Waals surface area contributed by atoms with E-state index in [9.17, 15) is 18.0 Å². The first-order chi connectivity index (χ1) is 21.7. The van der Waals surface area contributed by atoms with E-state index in [0.717, 1.165) is 9.87 Å². The van der Waals surface area contributed by atoms with Gasteiger partial charge in [0.25, 0.3) is 15.9 Å². The van der Waals surface area contributed by atoms with Crippen molar-refractivity contribution in [2.45, 2.75) is 17.5 Å². The van der Waals surface area contributed by atoms with E-state index in [1.165, 1.54) is 44.4 Å². The molecule has 5 rings (SSSR count). The summed E-state index contributed by atoms with van der Waals surface area (Å²) in [5, 5.41) is 2.86. The van der Waals surface area contributed by atoms with E-state index in [0.29, 0.717) is 22.9 Å². The number of hydrogen-bond acceptors (Lipinski definition) is 8. The predicted octanol–water partition coefficient (Wildman–Crippen LogP) is 4.02. The number of ether oxygens (including phenoxy) is 4. The van der Waals surface area contributed by atoms with Crippen molar-refractivity contribution in [3.8, 4) is 23.0 Å². The zero-order chi connectivity index (χ0) is 32.0. The maximum Gasteiger partial charge on any atom is 0.264 e. The summed E-state index contributed by atoms with van der Waals surface area (Å²) in [6.07, 6.45) is -1.02. The molecule has 0 bridgehead atoms. The number of rotatable bonds is 11. The van der Waals surface area contributed by atoms with Gasteiger partial charge < -0.3 is 29.2 Å². The molecule has 234 valence electrons. The Balaban J connectivity index is 1.46. The number of nitrogens with one attached hydrogen (secondary N) is 1. The first kappa shape index (κ1) is 31.2. The van der Waals surface area contributed by atoms with Crippen molar-refractivity contribution in [3.05, 3.63) is 103 Å². The maximum absolute atomic E-state index is 14.2. The number of methoxy groups -OCH3 is 3. The number of carbonyl (C=O) groups excluding carboxylic acids is 2. The predicted molar refractivity (Wildman–Crippen MR) is 169 cm³/mol. The lowest BCUT2D eigenvalue weighted by molar-refractivity contribution is -0.128. The highest BCUT2D eigenvalue weighted by molar-refractivity contribution is 7.92. The molecule has 0 unspecified atom stereocenters. The Bertz CT molecular complexity index is 1760. The maximum atomic E-state index is 14.2. The fraction of sp³-hybridized carbons (Fsp3) is 0.212. The summed E-state index contributed by atoms with van der Waals surface area (Å²) >= 11 is 0. The minimum absolute atomic E-state index is 0.107. The molecule has 0 aromatic heterocycles. The van der Waals surface area contributed by atoms with Crippen LogP contribution < -0.4 is 33.5 Å². The van der Waals surface area contributed by atoms with Crippen molar-refractivity contribution in [1.29, 1.82) is 0 Å². The Labute approximate surface area is 261 Å². The third-order valence-electron chi connectivity index (χ3n) is 7.26. The summed E-state index contributed by atoms with van der Waals surface area (Å²) in [4.78, 5) is 28.6. The summed E-state index contributed by atoms with van der Waals surface area (Å²) < 4.78 is 51.1. The molecule has 1 atom stereocenters. The van der Waals surface area contributed by atoms with Crippen LogP contribution in [-0.4, -0.2) is 60.8 Å². The first-order valence-electron chi connectivity index (χ1n) is 14.0. The van der Waals surface area contributed by atoms with Crippen LogP contribution in [0.5, 0.6) is 23.0 Å². The van der Waals surface area contributed by atoms with Crippen LogP contribution in [0.3, 0.4) is 0 Å². The SMILES string of the molecule is COc1ccc(N(CC(=O)N2C[C@H](C(=O)NCc3ccccc3)Oc3ccccc32)S(=O)(=O)c2ccc(OC)c(OC)c2)cc1. The van der Waals surface area contributed by atoms with E-state index in [1.807, 2.05) is 30.3 Å². The smallest absolute Gasteiger partial charge is 0.264 e. The highest BCUT2D eigenvalue weighted by Gasteiger charge is 2.36. The van der Waals surface area contributed by atoms with Gasteiger partial charge in [-0.05, 0) is 54.1 Å². The van der Waals surface area contributed by atoms with Crippen LogP contribution >= 0.6 is 0 Å². The molecule has 0 spiro atoms. The lowest BCUT2D eigenvalue weighted by atomic mass is 10.1. The van der Waals surface area contributed by atoms with Gasteiger partial charge in [-0.25, -0.2) is 8.42 Å². The molecular weight excluding hydrogens is 598 g/mol. The quantitative estimate of drug-likeness (QED) is 0.263. The van der Waals surface area contributed by atoms with Gasteiger partial charge >= 0.3 is 0 Å². The second-order valence-electron chi connectivity index (χ2n) is 10.0. The molecular formula is C33H33N3O8S. The van der Waals surface area contributed by atoms with E-state index in [2.05, 4.69) is 5.32 Å². The molecule has 0 saturated carbocycles. The number of sulfonamides is 1. The molecule has 0 aliphatic carbocycles. The second-order valence-corrected chi connectivity index (χ2v) is 11.9. The molecule has 0 saturated heterocycles. The topological polar surface area (TPSA) is 124 Å². The molecule has 1 aliphatic heterocycles. The molecule has 1 N–H and O–H groups in total. The summed E-state index contributed by atoms with van der Waals surface area (Å²) in [5.74, 6) is 0.439. The number of nitrogens with zero attached hydrogens (tertiary/aromatic N) is 2. The summed E-state index contributed by atoms with van der Waals surface area (Å²) in [6.45, 7) is -0.414. The third kappa shape index (κ3) is 6.80. The lowest BCUT2D eigenvalue weighted by Crippen LogP contribution is -2.53. The monoisotopic (exact) mass is 631 g/mol. The van der Waals surface area contributed by atoms with Crippen LogP contribution in [0.15, 0.2) is 102 Å². The molecule has 2 amide bonds. The van der Waals surface area contributed by atoms with Crippen LogP contribution in [0, 0.1) is 0 Å². The fourth-order valence-electron chi connectivity index (χ4n) is 4.88. The fourth-order valence-corrected chi connectivity index (χ4v) is 6.31. The Morgan fingerprint density at radius 3 is 2.24 bits per heavy atom. The van der Waals surface area contributed by atoms with Gasteiger partial charge in [0.1, 0.15) is 18.0 Å². The minimum atomic E-state index is -4.31. The van der Waals surface area contributed by atoms with Crippen molar-refractivity contribution in [2.24, 2.45) is 0 Å². The van der Waals surface area contributed by atoms with Crippen LogP contribution in [0.25, 0.3) is 0 Å². The molecule has 12 heteroatoms.